The number of imidazole rings is 1. The molecular formula is C19H19N7O3. The Labute approximate surface area is 165 Å². The van der Waals surface area contributed by atoms with Gasteiger partial charge in [-0.2, -0.15) is 9.61 Å². The molecule has 10 nitrogen and oxygen atoms in total. The van der Waals surface area contributed by atoms with Crippen LogP contribution in [-0.2, 0) is 11.3 Å². The van der Waals surface area contributed by atoms with Crippen LogP contribution < -0.4 is 5.73 Å². The maximum atomic E-state index is 12.8. The molecule has 1 aliphatic rings. The number of nitrogens with two attached hydrogens (primary N) is 1. The molecule has 0 spiro atoms. The number of Topliss-reactive ketones (excluding diaryl/α,β-unsaturated/α-hetero) is 1. The Hall–Kier alpha value is -3.66. The molecule has 1 saturated heterocycles. The quantitative estimate of drug-likeness (QED) is 0.468. The summed E-state index contributed by atoms with van der Waals surface area (Å²) in [5.41, 5.74) is 6.59. The SMILES string of the molecule is NC(=O)C(=O)c1ncc2ncc(C(=O)N3CCN(Cc4ccccc4)CC3)nn12. The highest BCUT2D eigenvalue weighted by molar-refractivity contribution is 6.41. The fourth-order valence-electron chi connectivity index (χ4n) is 3.26. The highest BCUT2D eigenvalue weighted by Gasteiger charge is 2.25. The van der Waals surface area contributed by atoms with E-state index in [0.717, 1.165) is 24.1 Å². The molecule has 148 valence electrons. The highest BCUT2D eigenvalue weighted by atomic mass is 16.2. The molecule has 3 aromatic rings. The van der Waals surface area contributed by atoms with Gasteiger partial charge in [0.25, 0.3) is 17.6 Å². The number of ketones is 1. The summed E-state index contributed by atoms with van der Waals surface area (Å²) in [5.74, 6) is -2.68. The largest absolute Gasteiger partial charge is 0.363 e. The van der Waals surface area contributed by atoms with Gasteiger partial charge in [0.05, 0.1) is 12.4 Å². The van der Waals surface area contributed by atoms with E-state index < -0.39 is 11.7 Å². The summed E-state index contributed by atoms with van der Waals surface area (Å²) >= 11 is 0. The van der Waals surface area contributed by atoms with E-state index in [2.05, 4.69) is 32.1 Å². The lowest BCUT2D eigenvalue weighted by Gasteiger charge is -2.34. The van der Waals surface area contributed by atoms with Crippen LogP contribution >= 0.6 is 0 Å². The molecule has 29 heavy (non-hydrogen) atoms. The lowest BCUT2D eigenvalue weighted by Crippen LogP contribution is -2.48. The number of hydrogen-bond donors (Lipinski definition) is 1. The fraction of sp³-hybridized carbons (Fsp3) is 0.263. The number of nitrogens with zero attached hydrogens (tertiary/aromatic N) is 6. The number of aromatic nitrogens is 4. The molecule has 4 rings (SSSR count). The molecule has 0 radical (unpaired) electrons. The number of primary amides is 1. The van der Waals surface area contributed by atoms with Gasteiger partial charge in [0.15, 0.2) is 11.3 Å². The predicted molar refractivity (Wildman–Crippen MR) is 102 cm³/mol. The molecule has 0 bridgehead atoms. The fourth-order valence-corrected chi connectivity index (χ4v) is 3.26. The predicted octanol–water partition coefficient (Wildman–Crippen LogP) is -0.250. The molecule has 1 aromatic carbocycles. The topological polar surface area (TPSA) is 127 Å². The number of rotatable bonds is 5. The Morgan fingerprint density at radius 1 is 0.966 bits per heavy atom. The van der Waals surface area contributed by atoms with E-state index in [1.165, 1.54) is 18.0 Å². The van der Waals surface area contributed by atoms with Gasteiger partial charge in [-0.1, -0.05) is 30.3 Å². The van der Waals surface area contributed by atoms with Crippen LogP contribution in [0.2, 0.25) is 0 Å². The van der Waals surface area contributed by atoms with E-state index in [-0.39, 0.29) is 23.1 Å². The van der Waals surface area contributed by atoms with E-state index in [1.54, 1.807) is 4.90 Å². The first kappa shape index (κ1) is 18.7. The van der Waals surface area contributed by atoms with Crippen molar-refractivity contribution in [2.75, 3.05) is 26.2 Å². The van der Waals surface area contributed by atoms with Gasteiger partial charge in [-0.3, -0.25) is 19.3 Å². The van der Waals surface area contributed by atoms with Crippen molar-refractivity contribution < 1.29 is 14.4 Å². The van der Waals surface area contributed by atoms with Gasteiger partial charge in [-0.15, -0.1) is 0 Å². The second kappa shape index (κ2) is 7.76. The molecule has 2 amide bonds. The normalized spacial score (nSPS) is 14.8. The number of hydrogen-bond acceptors (Lipinski definition) is 7. The third-order valence-electron chi connectivity index (χ3n) is 4.80. The smallest absolute Gasteiger partial charge is 0.293 e. The third kappa shape index (κ3) is 3.83. The van der Waals surface area contributed by atoms with Crippen LogP contribution in [0.15, 0.2) is 42.7 Å². The second-order valence-electron chi connectivity index (χ2n) is 6.74. The second-order valence-corrected chi connectivity index (χ2v) is 6.74. The lowest BCUT2D eigenvalue weighted by molar-refractivity contribution is -0.114. The molecule has 0 saturated carbocycles. The van der Waals surface area contributed by atoms with Gasteiger partial charge in [-0.05, 0) is 5.56 Å². The molecule has 0 aliphatic carbocycles. The Morgan fingerprint density at radius 3 is 2.38 bits per heavy atom. The van der Waals surface area contributed by atoms with E-state index in [4.69, 9.17) is 5.73 Å². The summed E-state index contributed by atoms with van der Waals surface area (Å²) < 4.78 is 1.08. The zero-order valence-electron chi connectivity index (χ0n) is 15.6. The Morgan fingerprint density at radius 2 is 1.69 bits per heavy atom. The molecule has 2 aromatic heterocycles. The van der Waals surface area contributed by atoms with Gasteiger partial charge in [0.2, 0.25) is 5.82 Å². The van der Waals surface area contributed by atoms with Crippen molar-refractivity contribution in [2.24, 2.45) is 5.73 Å². The number of piperazine rings is 1. The first-order valence-electron chi connectivity index (χ1n) is 9.13. The van der Waals surface area contributed by atoms with E-state index >= 15 is 0 Å². The van der Waals surface area contributed by atoms with Crippen LogP contribution in [0.3, 0.4) is 0 Å². The lowest BCUT2D eigenvalue weighted by atomic mass is 10.2. The first-order valence-corrected chi connectivity index (χ1v) is 9.13. The van der Waals surface area contributed by atoms with E-state index in [9.17, 15) is 14.4 Å². The number of fused-ring (bicyclic) bond motifs is 1. The number of benzene rings is 1. The minimum atomic E-state index is -1.15. The summed E-state index contributed by atoms with van der Waals surface area (Å²) in [6, 6.07) is 10.2. The summed E-state index contributed by atoms with van der Waals surface area (Å²) in [7, 11) is 0. The molecule has 1 fully saturated rings. The number of amides is 2. The molecule has 2 N–H and O–H groups in total. The van der Waals surface area contributed by atoms with Gasteiger partial charge in [-0.25, -0.2) is 9.97 Å². The van der Waals surface area contributed by atoms with Gasteiger partial charge in [0, 0.05) is 32.7 Å². The van der Waals surface area contributed by atoms with Gasteiger partial charge in [0.1, 0.15) is 0 Å². The molecule has 3 heterocycles. The van der Waals surface area contributed by atoms with E-state index in [0.29, 0.717) is 13.1 Å². The van der Waals surface area contributed by atoms with Crippen LogP contribution in [-0.4, -0.2) is 73.2 Å². The van der Waals surface area contributed by atoms with Crippen molar-refractivity contribution in [1.82, 2.24) is 29.4 Å². The summed E-state index contributed by atoms with van der Waals surface area (Å²) in [6.07, 6.45) is 2.63. The molecule has 0 unspecified atom stereocenters. The maximum Gasteiger partial charge on any atom is 0.293 e. The molecular weight excluding hydrogens is 374 g/mol. The van der Waals surface area contributed by atoms with Crippen molar-refractivity contribution in [3.63, 3.8) is 0 Å². The van der Waals surface area contributed by atoms with Crippen molar-refractivity contribution in [3.8, 4) is 0 Å². The summed E-state index contributed by atoms with van der Waals surface area (Å²) in [4.78, 5) is 47.8. The van der Waals surface area contributed by atoms with Gasteiger partial charge >= 0.3 is 0 Å². The number of carbonyl (C=O) groups is 3. The first-order chi connectivity index (χ1) is 14.0. The van der Waals surface area contributed by atoms with E-state index in [1.807, 2.05) is 18.2 Å². The van der Waals surface area contributed by atoms with Crippen molar-refractivity contribution in [3.05, 3.63) is 59.8 Å². The average molecular weight is 393 g/mol. The van der Waals surface area contributed by atoms with Crippen molar-refractivity contribution in [1.29, 1.82) is 0 Å². The number of carbonyl (C=O) groups excluding carboxylic acids is 3. The standard InChI is InChI=1S/C19H19N7O3/c20-17(28)16(27)18-22-11-15-21-10-14(23-26(15)18)19(29)25-8-6-24(7-9-25)12-13-4-2-1-3-5-13/h1-5,10-11H,6-9,12H2,(H2,20,28). The Bertz CT molecular complexity index is 1070. The zero-order chi connectivity index (χ0) is 20.4. The maximum absolute atomic E-state index is 12.8. The zero-order valence-corrected chi connectivity index (χ0v) is 15.6. The van der Waals surface area contributed by atoms with Crippen LogP contribution in [0.25, 0.3) is 5.65 Å². The monoisotopic (exact) mass is 393 g/mol. The van der Waals surface area contributed by atoms with Crippen LogP contribution in [0.5, 0.6) is 0 Å². The summed E-state index contributed by atoms with van der Waals surface area (Å²) in [5, 5.41) is 4.16. The average Bonchev–Trinajstić information content (AvgIpc) is 3.17. The Kier molecular flexibility index (Phi) is 5.00. The van der Waals surface area contributed by atoms with Crippen LogP contribution in [0.1, 0.15) is 26.7 Å². The minimum absolute atomic E-state index is 0.0746. The van der Waals surface area contributed by atoms with Crippen LogP contribution in [0, 0.1) is 0 Å². The molecule has 0 atom stereocenters. The molecule has 1 aliphatic heterocycles. The highest BCUT2D eigenvalue weighted by Crippen LogP contribution is 2.11. The molecule has 10 heteroatoms. The minimum Gasteiger partial charge on any atom is -0.363 e. The summed E-state index contributed by atoms with van der Waals surface area (Å²) in [6.45, 7) is 3.44. The van der Waals surface area contributed by atoms with Crippen LogP contribution in [0.4, 0.5) is 0 Å². The third-order valence-corrected chi connectivity index (χ3v) is 4.80. The van der Waals surface area contributed by atoms with Gasteiger partial charge < -0.3 is 10.6 Å². The van der Waals surface area contributed by atoms with Crippen molar-refractivity contribution >= 4 is 23.2 Å². The Balaban J connectivity index is 1.46. The van der Waals surface area contributed by atoms with Crippen molar-refractivity contribution in [2.45, 2.75) is 6.54 Å².